The van der Waals surface area contributed by atoms with Gasteiger partial charge in [-0.2, -0.15) is 0 Å². The molecule has 3 aromatic rings. The number of hydrogen-bond donors (Lipinski definition) is 0. The van der Waals surface area contributed by atoms with E-state index in [9.17, 15) is 5.11 Å². The first kappa shape index (κ1) is 12.6. The molecule has 0 fully saturated rings. The van der Waals surface area contributed by atoms with Crippen LogP contribution in [0.3, 0.4) is 0 Å². The Balaban J connectivity index is 2.38. The molecule has 0 atom stereocenters. The molecule has 7 heteroatoms. The molecule has 2 aromatic heterocycles. The molecule has 5 nitrogen and oxygen atoms in total. The number of benzene rings is 1. The Morgan fingerprint density at radius 3 is 3.05 bits per heavy atom. The van der Waals surface area contributed by atoms with E-state index in [2.05, 4.69) is 31.0 Å². The highest BCUT2D eigenvalue weighted by Crippen LogP contribution is 2.24. The fraction of sp³-hybridized carbons (Fsp3) is 0.167. The first-order valence-corrected chi connectivity index (χ1v) is 7.44. The van der Waals surface area contributed by atoms with Gasteiger partial charge in [0.25, 0.3) is 0 Å². The van der Waals surface area contributed by atoms with Crippen LogP contribution in [0.25, 0.3) is 16.4 Å². The van der Waals surface area contributed by atoms with Crippen molar-refractivity contribution in [3.8, 4) is 5.88 Å². The third-order valence-electron chi connectivity index (χ3n) is 2.62. The van der Waals surface area contributed by atoms with E-state index in [1.54, 1.807) is 6.33 Å². The molecule has 0 aliphatic rings. The Kier molecular flexibility index (Phi) is 3.24. The lowest BCUT2D eigenvalue weighted by molar-refractivity contribution is -0.591. The van der Waals surface area contributed by atoms with Gasteiger partial charge in [-0.15, -0.1) is 0 Å². The number of rotatable bonds is 2. The first-order chi connectivity index (χ1) is 9.19. The van der Waals surface area contributed by atoms with Crippen LogP contribution in [0.15, 0.2) is 34.2 Å². The summed E-state index contributed by atoms with van der Waals surface area (Å²) in [6.07, 6.45) is 1.55. The van der Waals surface area contributed by atoms with E-state index in [0.29, 0.717) is 10.7 Å². The topological polar surface area (TPSA) is 65.8 Å². The second kappa shape index (κ2) is 4.90. The van der Waals surface area contributed by atoms with E-state index >= 15 is 0 Å². The van der Waals surface area contributed by atoms with Crippen molar-refractivity contribution in [2.24, 2.45) is 0 Å². The molecule has 0 spiro atoms. The van der Waals surface area contributed by atoms with Crippen molar-refractivity contribution >= 4 is 44.1 Å². The molecule has 2 heterocycles. The molecule has 96 valence electrons. The zero-order valence-corrected chi connectivity index (χ0v) is 12.4. The van der Waals surface area contributed by atoms with Gasteiger partial charge in [-0.25, -0.2) is 4.98 Å². The molecule has 0 saturated heterocycles. The standard InChI is InChI=1S/C12H9BrN4OS/c1-2-19-12-15-11(18)10-8-5-7(13)3-4-9(8)14-6-17(10)16-12/h3-6H,2H2,1H3. The Labute approximate surface area is 121 Å². The number of nitrogens with zero attached hydrogens (tertiary/aromatic N) is 4. The van der Waals surface area contributed by atoms with E-state index in [-0.39, 0.29) is 5.88 Å². The molecule has 0 aliphatic carbocycles. The van der Waals surface area contributed by atoms with Crippen LogP contribution in [0.2, 0.25) is 0 Å². The lowest BCUT2D eigenvalue weighted by Gasteiger charge is -2.08. The summed E-state index contributed by atoms with van der Waals surface area (Å²) < 4.78 is 2.39. The van der Waals surface area contributed by atoms with E-state index in [0.717, 1.165) is 21.1 Å². The molecule has 0 unspecified atom stereocenters. The number of aromatic nitrogens is 4. The summed E-state index contributed by atoms with van der Waals surface area (Å²) in [6.45, 7) is 1.99. The fourth-order valence-electron chi connectivity index (χ4n) is 1.84. The predicted octanol–water partition coefficient (Wildman–Crippen LogP) is 1.71. The third kappa shape index (κ3) is 2.23. The second-order valence-electron chi connectivity index (χ2n) is 3.83. The van der Waals surface area contributed by atoms with Crippen LogP contribution in [0.1, 0.15) is 6.92 Å². The van der Waals surface area contributed by atoms with Crippen molar-refractivity contribution in [3.05, 3.63) is 29.0 Å². The van der Waals surface area contributed by atoms with Crippen molar-refractivity contribution in [1.29, 1.82) is 0 Å². The highest BCUT2D eigenvalue weighted by molar-refractivity contribution is 9.10. The summed E-state index contributed by atoms with van der Waals surface area (Å²) in [5.41, 5.74) is 1.20. The van der Waals surface area contributed by atoms with Gasteiger partial charge in [0.1, 0.15) is 0 Å². The quantitative estimate of drug-likeness (QED) is 0.405. The minimum absolute atomic E-state index is 0.281. The number of thioether (sulfide) groups is 1. The normalized spacial score (nSPS) is 11.3. The highest BCUT2D eigenvalue weighted by Gasteiger charge is 2.13. The van der Waals surface area contributed by atoms with E-state index < -0.39 is 0 Å². The van der Waals surface area contributed by atoms with Crippen LogP contribution < -0.4 is 9.62 Å². The molecule has 0 N–H and O–H groups in total. The van der Waals surface area contributed by atoms with Crippen LogP contribution in [-0.2, 0) is 0 Å². The van der Waals surface area contributed by atoms with Crippen molar-refractivity contribution in [1.82, 2.24) is 15.1 Å². The molecule has 0 amide bonds. The van der Waals surface area contributed by atoms with Crippen molar-refractivity contribution in [2.45, 2.75) is 12.1 Å². The van der Waals surface area contributed by atoms with Gasteiger partial charge in [0, 0.05) is 10.4 Å². The smallest absolute Gasteiger partial charge is 0.312 e. The van der Waals surface area contributed by atoms with E-state index in [4.69, 9.17) is 0 Å². The Hall–Kier alpha value is -1.47. The summed E-state index contributed by atoms with van der Waals surface area (Å²) in [6, 6.07) is 5.60. The largest absolute Gasteiger partial charge is 0.856 e. The zero-order chi connectivity index (χ0) is 13.4. The van der Waals surface area contributed by atoms with Crippen LogP contribution in [0.4, 0.5) is 0 Å². The Bertz CT molecular complexity index is 780. The van der Waals surface area contributed by atoms with E-state index in [1.807, 2.05) is 25.1 Å². The van der Waals surface area contributed by atoms with Crippen LogP contribution in [0.5, 0.6) is 5.88 Å². The summed E-state index contributed by atoms with van der Waals surface area (Å²) in [4.78, 5) is 8.30. The molecule has 0 radical (unpaired) electrons. The van der Waals surface area contributed by atoms with Gasteiger partial charge in [0.2, 0.25) is 5.16 Å². The first-order valence-electron chi connectivity index (χ1n) is 5.67. The molecular weight excluding hydrogens is 328 g/mol. The van der Waals surface area contributed by atoms with Crippen molar-refractivity contribution < 1.29 is 9.62 Å². The van der Waals surface area contributed by atoms with Crippen LogP contribution in [-0.4, -0.2) is 20.8 Å². The van der Waals surface area contributed by atoms with E-state index in [1.165, 1.54) is 16.3 Å². The molecular formula is C12H9BrN4OS. The van der Waals surface area contributed by atoms with Gasteiger partial charge in [-0.3, -0.25) is 0 Å². The summed E-state index contributed by atoms with van der Waals surface area (Å²) in [7, 11) is 0. The second-order valence-corrected chi connectivity index (χ2v) is 5.98. The summed E-state index contributed by atoms with van der Waals surface area (Å²) in [5.74, 6) is 0.536. The third-order valence-corrected chi connectivity index (χ3v) is 3.83. The number of hydrogen-bond acceptors (Lipinski definition) is 5. The Morgan fingerprint density at radius 1 is 1.42 bits per heavy atom. The lowest BCUT2D eigenvalue weighted by atomic mass is 10.2. The van der Waals surface area contributed by atoms with Gasteiger partial charge in [-0.05, 0) is 28.9 Å². The zero-order valence-electron chi connectivity index (χ0n) is 10.00. The fourth-order valence-corrected chi connectivity index (χ4v) is 2.75. The number of fused-ring (bicyclic) bond motifs is 3. The molecule has 1 aromatic carbocycles. The molecule has 3 rings (SSSR count). The van der Waals surface area contributed by atoms with Crippen LogP contribution >= 0.6 is 27.7 Å². The minimum Gasteiger partial charge on any atom is -0.856 e. The van der Waals surface area contributed by atoms with Crippen LogP contribution in [0, 0.1) is 0 Å². The average molecular weight is 337 g/mol. The van der Waals surface area contributed by atoms with Gasteiger partial charge in [0.15, 0.2) is 11.0 Å². The number of halogens is 1. The maximum Gasteiger partial charge on any atom is 0.312 e. The van der Waals surface area contributed by atoms with Crippen molar-refractivity contribution in [2.75, 3.05) is 5.75 Å². The predicted molar refractivity (Wildman–Crippen MR) is 74.0 cm³/mol. The lowest BCUT2D eigenvalue weighted by Crippen LogP contribution is -2.30. The molecule has 19 heavy (non-hydrogen) atoms. The van der Waals surface area contributed by atoms with Crippen molar-refractivity contribution in [3.63, 3.8) is 0 Å². The molecule has 0 aliphatic heterocycles. The van der Waals surface area contributed by atoms with Gasteiger partial charge >= 0.3 is 6.33 Å². The maximum absolute atomic E-state index is 12.2. The summed E-state index contributed by atoms with van der Waals surface area (Å²) in [5, 5.41) is 17.7. The average Bonchev–Trinajstić information content (AvgIpc) is 2.38. The van der Waals surface area contributed by atoms with Gasteiger partial charge in [-0.1, -0.05) is 44.2 Å². The monoisotopic (exact) mass is 336 g/mol. The molecule has 0 saturated carbocycles. The maximum atomic E-state index is 12.2. The Morgan fingerprint density at radius 2 is 2.26 bits per heavy atom. The highest BCUT2D eigenvalue weighted by atomic mass is 79.9. The molecule has 0 bridgehead atoms. The summed E-state index contributed by atoms with van der Waals surface area (Å²) >= 11 is 4.83. The van der Waals surface area contributed by atoms with Gasteiger partial charge < -0.3 is 5.11 Å². The van der Waals surface area contributed by atoms with Gasteiger partial charge in [0.05, 0.1) is 5.39 Å². The minimum atomic E-state index is -0.281. The SMILES string of the molecule is CCSc1nc([O-])c2c3cc(Br)ccc3nc[n+]2n1.